The van der Waals surface area contributed by atoms with Crippen LogP contribution in [0.1, 0.15) is 55.6 Å². The first-order chi connectivity index (χ1) is 14.7. The van der Waals surface area contributed by atoms with Crippen LogP contribution in [0.2, 0.25) is 0 Å². The number of carbonyl (C=O) groups is 1. The number of piperidine rings is 1. The lowest BCUT2D eigenvalue weighted by Gasteiger charge is -2.32. The summed E-state index contributed by atoms with van der Waals surface area (Å²) in [6, 6.07) is 18.8. The molecule has 1 saturated carbocycles. The normalized spacial score (nSPS) is 19.5. The molecule has 0 N–H and O–H groups in total. The lowest BCUT2D eigenvalue weighted by atomic mass is 9.79. The van der Waals surface area contributed by atoms with Gasteiger partial charge in [0.05, 0.1) is 12.5 Å². The molecule has 2 aromatic carbocycles. The van der Waals surface area contributed by atoms with Crippen molar-refractivity contribution >= 4 is 5.97 Å². The molecule has 4 nitrogen and oxygen atoms in total. The van der Waals surface area contributed by atoms with Crippen LogP contribution in [0.25, 0.3) is 0 Å². The summed E-state index contributed by atoms with van der Waals surface area (Å²) in [6.45, 7) is 3.44. The molecule has 0 spiro atoms. The van der Waals surface area contributed by atoms with Crippen molar-refractivity contribution in [1.82, 2.24) is 4.90 Å². The SMILES string of the molecule is COc1ccc(C2(C(=O)OCCN3CCC(c4ccccc4)CC3)CCCC2)cc1. The Morgan fingerprint density at radius 2 is 1.67 bits per heavy atom. The smallest absolute Gasteiger partial charge is 0.316 e. The second-order valence-electron chi connectivity index (χ2n) is 8.68. The van der Waals surface area contributed by atoms with Gasteiger partial charge in [-0.1, -0.05) is 55.3 Å². The van der Waals surface area contributed by atoms with Crippen molar-refractivity contribution in [3.8, 4) is 5.75 Å². The molecule has 160 valence electrons. The van der Waals surface area contributed by atoms with Gasteiger partial charge in [0.15, 0.2) is 0 Å². The zero-order chi connectivity index (χ0) is 20.8. The molecule has 0 bridgehead atoms. The summed E-state index contributed by atoms with van der Waals surface area (Å²) in [6.07, 6.45) is 6.25. The van der Waals surface area contributed by atoms with Crippen LogP contribution < -0.4 is 4.74 Å². The standard InChI is InChI=1S/C26H33NO3/c1-29-24-11-9-23(10-12-24)26(15-5-6-16-26)25(28)30-20-19-27-17-13-22(14-18-27)21-7-3-2-4-8-21/h2-4,7-12,22H,5-6,13-20H2,1H3. The molecule has 1 aliphatic carbocycles. The second-order valence-corrected chi connectivity index (χ2v) is 8.68. The van der Waals surface area contributed by atoms with Gasteiger partial charge in [-0.15, -0.1) is 0 Å². The number of hydrogen-bond donors (Lipinski definition) is 0. The van der Waals surface area contributed by atoms with E-state index in [-0.39, 0.29) is 5.97 Å². The van der Waals surface area contributed by atoms with E-state index in [1.165, 1.54) is 18.4 Å². The minimum atomic E-state index is -0.480. The number of hydrogen-bond acceptors (Lipinski definition) is 4. The van der Waals surface area contributed by atoms with Gasteiger partial charge in [0.25, 0.3) is 0 Å². The third-order valence-corrected chi connectivity index (χ3v) is 6.99. The van der Waals surface area contributed by atoms with Gasteiger partial charge in [0.2, 0.25) is 0 Å². The van der Waals surface area contributed by atoms with Crippen LogP contribution in [0.5, 0.6) is 5.75 Å². The summed E-state index contributed by atoms with van der Waals surface area (Å²) < 4.78 is 11.1. The Morgan fingerprint density at radius 1 is 1.00 bits per heavy atom. The first-order valence-electron chi connectivity index (χ1n) is 11.3. The van der Waals surface area contributed by atoms with Crippen molar-refractivity contribution in [1.29, 1.82) is 0 Å². The Labute approximate surface area is 180 Å². The lowest BCUT2D eigenvalue weighted by molar-refractivity contribution is -0.151. The Morgan fingerprint density at radius 3 is 2.30 bits per heavy atom. The molecule has 1 heterocycles. The molecule has 2 fully saturated rings. The van der Waals surface area contributed by atoms with Crippen LogP contribution in [0.3, 0.4) is 0 Å². The molecule has 0 amide bonds. The summed E-state index contributed by atoms with van der Waals surface area (Å²) in [5.41, 5.74) is 2.03. The van der Waals surface area contributed by atoms with Crippen molar-refractivity contribution < 1.29 is 14.3 Å². The summed E-state index contributed by atoms with van der Waals surface area (Å²) in [5.74, 6) is 1.42. The van der Waals surface area contributed by atoms with Crippen LogP contribution in [0.15, 0.2) is 54.6 Å². The van der Waals surface area contributed by atoms with Crippen LogP contribution in [0.4, 0.5) is 0 Å². The van der Waals surface area contributed by atoms with Crippen molar-refractivity contribution in [3.63, 3.8) is 0 Å². The van der Waals surface area contributed by atoms with Crippen LogP contribution in [-0.4, -0.2) is 44.2 Å². The quantitative estimate of drug-likeness (QED) is 0.610. The van der Waals surface area contributed by atoms with E-state index in [1.807, 2.05) is 24.3 Å². The molecule has 30 heavy (non-hydrogen) atoms. The van der Waals surface area contributed by atoms with E-state index < -0.39 is 5.41 Å². The van der Waals surface area contributed by atoms with Crippen molar-refractivity contribution in [2.24, 2.45) is 0 Å². The molecule has 2 aliphatic rings. The third kappa shape index (κ3) is 4.54. The molecule has 0 aromatic heterocycles. The highest BCUT2D eigenvalue weighted by molar-refractivity contribution is 5.83. The predicted molar refractivity (Wildman–Crippen MR) is 119 cm³/mol. The van der Waals surface area contributed by atoms with Crippen LogP contribution in [-0.2, 0) is 14.9 Å². The van der Waals surface area contributed by atoms with E-state index in [0.717, 1.165) is 56.6 Å². The average molecular weight is 408 g/mol. The van der Waals surface area contributed by atoms with E-state index in [2.05, 4.69) is 35.2 Å². The first-order valence-corrected chi connectivity index (χ1v) is 11.3. The minimum absolute atomic E-state index is 0.0515. The minimum Gasteiger partial charge on any atom is -0.497 e. The van der Waals surface area contributed by atoms with Gasteiger partial charge in [-0.2, -0.15) is 0 Å². The zero-order valence-electron chi connectivity index (χ0n) is 18.0. The largest absolute Gasteiger partial charge is 0.497 e. The predicted octanol–water partition coefficient (Wildman–Crippen LogP) is 4.93. The van der Waals surface area contributed by atoms with Gasteiger partial charge in [-0.3, -0.25) is 9.69 Å². The number of rotatable bonds is 7. The zero-order valence-corrected chi connectivity index (χ0v) is 18.0. The van der Waals surface area contributed by atoms with Gasteiger partial charge < -0.3 is 9.47 Å². The third-order valence-electron chi connectivity index (χ3n) is 6.99. The first kappa shape index (κ1) is 20.9. The average Bonchev–Trinajstić information content (AvgIpc) is 3.31. The van der Waals surface area contributed by atoms with Crippen molar-refractivity contribution in [2.45, 2.75) is 49.9 Å². The van der Waals surface area contributed by atoms with E-state index in [9.17, 15) is 4.79 Å². The summed E-state index contributed by atoms with van der Waals surface area (Å²) in [7, 11) is 1.66. The molecule has 4 rings (SSSR count). The highest BCUT2D eigenvalue weighted by Crippen LogP contribution is 2.42. The number of methoxy groups -OCH3 is 1. The van der Waals surface area contributed by atoms with E-state index in [4.69, 9.17) is 9.47 Å². The topological polar surface area (TPSA) is 38.8 Å². The molecule has 0 atom stereocenters. The fourth-order valence-electron chi connectivity index (χ4n) is 5.12. The second kappa shape index (κ2) is 9.65. The number of carbonyl (C=O) groups excluding carboxylic acids is 1. The van der Waals surface area contributed by atoms with Gasteiger partial charge in [0, 0.05) is 6.54 Å². The van der Waals surface area contributed by atoms with Crippen LogP contribution in [0, 0.1) is 0 Å². The maximum Gasteiger partial charge on any atom is 0.316 e. The summed E-state index contributed by atoms with van der Waals surface area (Å²) in [4.78, 5) is 15.6. The van der Waals surface area contributed by atoms with Gasteiger partial charge >= 0.3 is 5.97 Å². The van der Waals surface area contributed by atoms with E-state index in [0.29, 0.717) is 12.5 Å². The van der Waals surface area contributed by atoms with Gasteiger partial charge in [-0.05, 0) is 68.0 Å². The Bertz CT molecular complexity index is 804. The fraction of sp³-hybridized carbons (Fsp3) is 0.500. The van der Waals surface area contributed by atoms with Gasteiger partial charge in [-0.25, -0.2) is 0 Å². The Hall–Kier alpha value is -2.33. The highest BCUT2D eigenvalue weighted by Gasteiger charge is 2.44. The number of ether oxygens (including phenoxy) is 2. The van der Waals surface area contributed by atoms with Crippen molar-refractivity contribution in [2.75, 3.05) is 33.4 Å². The number of esters is 1. The molecule has 1 aliphatic heterocycles. The molecule has 0 unspecified atom stereocenters. The van der Waals surface area contributed by atoms with E-state index >= 15 is 0 Å². The Balaban J connectivity index is 1.28. The number of nitrogens with zero attached hydrogens (tertiary/aromatic N) is 1. The summed E-state index contributed by atoms with van der Waals surface area (Å²) >= 11 is 0. The van der Waals surface area contributed by atoms with Crippen LogP contribution >= 0.6 is 0 Å². The highest BCUT2D eigenvalue weighted by atomic mass is 16.5. The molecule has 4 heteroatoms. The molecule has 2 aromatic rings. The summed E-state index contributed by atoms with van der Waals surface area (Å²) in [5, 5.41) is 0. The number of likely N-dealkylation sites (tertiary alicyclic amines) is 1. The maximum atomic E-state index is 13.1. The van der Waals surface area contributed by atoms with Crippen molar-refractivity contribution in [3.05, 3.63) is 65.7 Å². The molecular weight excluding hydrogens is 374 g/mol. The lowest BCUT2D eigenvalue weighted by Crippen LogP contribution is -2.39. The number of benzene rings is 2. The maximum absolute atomic E-state index is 13.1. The Kier molecular flexibility index (Phi) is 6.73. The molecular formula is C26H33NO3. The molecule has 1 saturated heterocycles. The fourth-order valence-corrected chi connectivity index (χ4v) is 5.12. The van der Waals surface area contributed by atoms with E-state index in [1.54, 1.807) is 7.11 Å². The monoisotopic (exact) mass is 407 g/mol. The molecule has 0 radical (unpaired) electrons. The van der Waals surface area contributed by atoms with Gasteiger partial charge in [0.1, 0.15) is 12.4 Å².